The van der Waals surface area contributed by atoms with E-state index in [2.05, 4.69) is 21.5 Å². The smallest absolute Gasteiger partial charge is 0.251 e. The van der Waals surface area contributed by atoms with Crippen molar-refractivity contribution in [2.75, 3.05) is 5.32 Å². The van der Waals surface area contributed by atoms with Gasteiger partial charge in [0.05, 0.1) is 40.9 Å². The van der Waals surface area contributed by atoms with E-state index < -0.39 is 12.3 Å². The number of amides is 1. The Bertz CT molecular complexity index is 1650. The normalized spacial score (nSPS) is 18.2. The molecule has 4 heterocycles. The van der Waals surface area contributed by atoms with Gasteiger partial charge in [0.15, 0.2) is 6.30 Å². The quantitative estimate of drug-likeness (QED) is 0.334. The molecule has 1 unspecified atom stereocenters. The molecule has 10 heteroatoms. The average molecular weight is 545 g/mol. The zero-order chi connectivity index (χ0) is 27.7. The van der Waals surface area contributed by atoms with Crippen molar-refractivity contribution in [3.05, 3.63) is 87.7 Å². The minimum Gasteiger partial charge on any atom is -0.323 e. The molecule has 0 fully saturated rings. The maximum atomic E-state index is 14.5. The van der Waals surface area contributed by atoms with E-state index in [0.717, 1.165) is 0 Å². The van der Waals surface area contributed by atoms with Gasteiger partial charge < -0.3 is 9.88 Å². The molecule has 0 aliphatic carbocycles. The number of anilines is 1. The van der Waals surface area contributed by atoms with Crippen LogP contribution < -0.4 is 10.9 Å². The van der Waals surface area contributed by atoms with Gasteiger partial charge in [-0.15, -0.1) is 0 Å². The standard InChI is InChI=1S/C29H26ClFN6O2/c1-17-4-3-5-26(36-11-9-19(13-27(36)38)23-14-22(30)7-6-21(23)15-32)24-12-20(8-10-33-24)28-25(35-29(17)39)16-34-37(28)18(2)31/h6-14,16-18,26H,3-5H2,1-2H3,(H,35,39)/t17-,18?,26+/m1/s1. The first-order valence-electron chi connectivity index (χ1n) is 12.7. The summed E-state index contributed by atoms with van der Waals surface area (Å²) in [4.78, 5) is 31.0. The summed E-state index contributed by atoms with van der Waals surface area (Å²) in [5, 5.41) is 17.1. The fraction of sp³-hybridized carbons (Fsp3) is 0.276. The molecule has 0 spiro atoms. The second-order valence-electron chi connectivity index (χ2n) is 9.69. The number of carbonyl (C=O) groups is 1. The van der Waals surface area contributed by atoms with Crippen LogP contribution in [-0.2, 0) is 4.79 Å². The van der Waals surface area contributed by atoms with Crippen LogP contribution in [0.1, 0.15) is 56.7 Å². The molecule has 3 aromatic heterocycles. The van der Waals surface area contributed by atoms with Gasteiger partial charge in [-0.25, -0.2) is 9.07 Å². The van der Waals surface area contributed by atoms with Crippen LogP contribution in [0, 0.1) is 17.2 Å². The first-order chi connectivity index (χ1) is 18.8. The van der Waals surface area contributed by atoms with E-state index in [1.807, 2.05) is 13.0 Å². The Hall–Kier alpha value is -4.29. The van der Waals surface area contributed by atoms with E-state index >= 15 is 0 Å². The van der Waals surface area contributed by atoms with Crippen molar-refractivity contribution >= 4 is 23.2 Å². The number of alkyl halides is 1. The summed E-state index contributed by atoms with van der Waals surface area (Å²) in [5.41, 5.74) is 3.41. The lowest BCUT2D eigenvalue weighted by atomic mass is 9.96. The molecule has 5 rings (SSSR count). The summed E-state index contributed by atoms with van der Waals surface area (Å²) < 4.78 is 17.3. The van der Waals surface area contributed by atoms with Gasteiger partial charge in [-0.3, -0.25) is 14.6 Å². The number of halogens is 2. The molecule has 0 saturated carbocycles. The SMILES string of the molecule is CC(F)n1ncc2c1-c1ccnc(c1)[C@@H](n1ccc(-c3cc(Cl)ccc3C#N)cc1=O)CCC[C@@H](C)C(=O)N2. The zero-order valence-electron chi connectivity index (χ0n) is 21.4. The Kier molecular flexibility index (Phi) is 7.31. The van der Waals surface area contributed by atoms with Crippen LogP contribution in [0.3, 0.4) is 0 Å². The summed E-state index contributed by atoms with van der Waals surface area (Å²) in [5.74, 6) is -0.480. The highest BCUT2D eigenvalue weighted by Gasteiger charge is 2.25. The highest BCUT2D eigenvalue weighted by atomic mass is 35.5. The Morgan fingerprint density at radius 3 is 2.72 bits per heavy atom. The maximum Gasteiger partial charge on any atom is 0.251 e. The second-order valence-corrected chi connectivity index (χ2v) is 10.1. The van der Waals surface area contributed by atoms with Gasteiger partial charge in [-0.1, -0.05) is 24.9 Å². The zero-order valence-corrected chi connectivity index (χ0v) is 22.2. The van der Waals surface area contributed by atoms with E-state index in [1.165, 1.54) is 23.9 Å². The van der Waals surface area contributed by atoms with Crippen LogP contribution in [0.25, 0.3) is 22.4 Å². The molecule has 1 N–H and O–H groups in total. The van der Waals surface area contributed by atoms with Crippen molar-refractivity contribution in [1.29, 1.82) is 5.26 Å². The number of carbonyl (C=O) groups excluding carboxylic acids is 1. The first kappa shape index (κ1) is 26.3. The Balaban J connectivity index is 1.63. The molecule has 1 amide bonds. The molecule has 2 bridgehead atoms. The molecule has 4 aromatic rings. The third-order valence-corrected chi connectivity index (χ3v) is 7.28. The summed E-state index contributed by atoms with van der Waals surface area (Å²) >= 11 is 6.16. The maximum absolute atomic E-state index is 14.5. The Morgan fingerprint density at radius 2 is 1.97 bits per heavy atom. The van der Waals surface area contributed by atoms with E-state index in [4.69, 9.17) is 11.6 Å². The number of pyridine rings is 2. The number of rotatable bonds is 3. The summed E-state index contributed by atoms with van der Waals surface area (Å²) in [6.07, 6.45) is 5.14. The van der Waals surface area contributed by atoms with Crippen molar-refractivity contribution in [1.82, 2.24) is 19.3 Å². The Labute approximate surface area is 229 Å². The van der Waals surface area contributed by atoms with Crippen LogP contribution in [0.15, 0.2) is 65.8 Å². The van der Waals surface area contributed by atoms with Gasteiger partial charge in [-0.2, -0.15) is 10.4 Å². The van der Waals surface area contributed by atoms with Crippen molar-refractivity contribution in [3.8, 4) is 28.5 Å². The molecule has 8 nitrogen and oxygen atoms in total. The number of nitrogens with one attached hydrogen (secondary N) is 1. The average Bonchev–Trinajstić information content (AvgIpc) is 3.34. The van der Waals surface area contributed by atoms with E-state index in [9.17, 15) is 19.2 Å². The van der Waals surface area contributed by atoms with E-state index in [0.29, 0.717) is 63.6 Å². The third kappa shape index (κ3) is 5.20. The van der Waals surface area contributed by atoms with Crippen molar-refractivity contribution in [3.63, 3.8) is 0 Å². The highest BCUT2D eigenvalue weighted by molar-refractivity contribution is 6.30. The topological polar surface area (TPSA) is 106 Å². The number of benzene rings is 1. The number of nitrogens with zero attached hydrogens (tertiary/aromatic N) is 5. The fourth-order valence-corrected chi connectivity index (χ4v) is 5.16. The predicted octanol–water partition coefficient (Wildman–Crippen LogP) is 6.13. The minimum absolute atomic E-state index is 0.176. The molecule has 1 aromatic carbocycles. The number of nitriles is 1. The highest BCUT2D eigenvalue weighted by Crippen LogP contribution is 2.35. The monoisotopic (exact) mass is 544 g/mol. The molecule has 0 radical (unpaired) electrons. The minimum atomic E-state index is -1.43. The molecule has 198 valence electrons. The molecule has 0 saturated heterocycles. The van der Waals surface area contributed by atoms with Gasteiger partial charge in [0.1, 0.15) is 0 Å². The van der Waals surface area contributed by atoms with Gasteiger partial charge in [0, 0.05) is 40.5 Å². The van der Waals surface area contributed by atoms with Gasteiger partial charge in [0.2, 0.25) is 5.91 Å². The largest absolute Gasteiger partial charge is 0.323 e. The van der Waals surface area contributed by atoms with Crippen molar-refractivity contribution < 1.29 is 9.18 Å². The van der Waals surface area contributed by atoms with Gasteiger partial charge in [0.25, 0.3) is 5.56 Å². The summed E-state index contributed by atoms with van der Waals surface area (Å²) in [6.45, 7) is 3.21. The third-order valence-electron chi connectivity index (χ3n) is 7.05. The van der Waals surface area contributed by atoms with Crippen molar-refractivity contribution in [2.45, 2.75) is 45.4 Å². The number of fused-ring (bicyclic) bond motifs is 4. The van der Waals surface area contributed by atoms with Gasteiger partial charge in [-0.05, 0) is 61.7 Å². The number of hydrogen-bond donors (Lipinski definition) is 1. The predicted molar refractivity (Wildman–Crippen MR) is 147 cm³/mol. The summed E-state index contributed by atoms with van der Waals surface area (Å²) in [7, 11) is 0. The lowest BCUT2D eigenvalue weighted by molar-refractivity contribution is -0.119. The molecule has 39 heavy (non-hydrogen) atoms. The lowest BCUT2D eigenvalue weighted by Crippen LogP contribution is -2.26. The molecular formula is C29H26ClFN6O2. The Morgan fingerprint density at radius 1 is 1.15 bits per heavy atom. The number of hydrogen-bond acceptors (Lipinski definition) is 5. The van der Waals surface area contributed by atoms with Gasteiger partial charge >= 0.3 is 0 Å². The molecule has 3 atom stereocenters. The number of aromatic nitrogens is 4. The lowest BCUT2D eigenvalue weighted by Gasteiger charge is -2.23. The van der Waals surface area contributed by atoms with Crippen LogP contribution >= 0.6 is 11.6 Å². The van der Waals surface area contributed by atoms with Crippen LogP contribution in [0.2, 0.25) is 5.02 Å². The van der Waals surface area contributed by atoms with Crippen LogP contribution in [-0.4, -0.2) is 25.2 Å². The molecule has 1 aliphatic rings. The molecule has 1 aliphatic heterocycles. The van der Waals surface area contributed by atoms with Crippen molar-refractivity contribution in [2.24, 2.45) is 5.92 Å². The molecular weight excluding hydrogens is 519 g/mol. The summed E-state index contributed by atoms with van der Waals surface area (Å²) in [6, 6.07) is 13.4. The second kappa shape index (κ2) is 10.8. The van der Waals surface area contributed by atoms with Crippen LogP contribution in [0.5, 0.6) is 0 Å². The first-order valence-corrected chi connectivity index (χ1v) is 13.1. The van der Waals surface area contributed by atoms with E-state index in [1.54, 1.807) is 47.3 Å². The van der Waals surface area contributed by atoms with E-state index in [-0.39, 0.29) is 17.4 Å². The fourth-order valence-electron chi connectivity index (χ4n) is 4.99. The van der Waals surface area contributed by atoms with Crippen LogP contribution in [0.4, 0.5) is 10.1 Å².